The summed E-state index contributed by atoms with van der Waals surface area (Å²) in [5.41, 5.74) is 3.31. The molecule has 1 aliphatic heterocycles. The van der Waals surface area contributed by atoms with Crippen molar-refractivity contribution in [2.75, 3.05) is 27.3 Å². The Bertz CT molecular complexity index is 832. The Morgan fingerprint density at radius 1 is 1.00 bits per heavy atom. The first-order valence-corrected chi connectivity index (χ1v) is 10.2. The van der Waals surface area contributed by atoms with Gasteiger partial charge in [-0.25, -0.2) is 0 Å². The summed E-state index contributed by atoms with van der Waals surface area (Å²) in [5.74, 6) is 2.38. The summed E-state index contributed by atoms with van der Waals surface area (Å²) in [4.78, 5) is 15.5. The number of carbonyl (C=O) groups excluding carboxylic acids is 1. The van der Waals surface area contributed by atoms with Gasteiger partial charge in [-0.2, -0.15) is 0 Å². The molecule has 0 spiro atoms. The molecular formula is C24H29ClNO3-. The van der Waals surface area contributed by atoms with Crippen molar-refractivity contribution >= 4 is 5.78 Å². The molecular weight excluding hydrogens is 386 g/mol. The third-order valence-electron chi connectivity index (χ3n) is 6.29. The van der Waals surface area contributed by atoms with Gasteiger partial charge in [0.05, 0.1) is 14.2 Å². The monoisotopic (exact) mass is 414 g/mol. The normalized spacial score (nSPS) is 19.5. The molecule has 0 bridgehead atoms. The number of hydrogen-bond acceptors (Lipinski definition) is 4. The number of Topliss-reactive ketones (excluding diaryl/α,β-unsaturated/α-hetero) is 1. The van der Waals surface area contributed by atoms with E-state index in [9.17, 15) is 4.79 Å². The molecule has 0 N–H and O–H groups in total. The lowest BCUT2D eigenvalue weighted by Crippen LogP contribution is -3.00. The first-order chi connectivity index (χ1) is 13.7. The molecule has 0 saturated carbocycles. The number of methoxy groups -OCH3 is 2. The number of ketones is 1. The SMILES string of the molecule is COc1cc2c(cc1OC)C(=O)C(CC1CCN(Cc3ccccc3)CC1)C2.[Cl-]. The van der Waals surface area contributed by atoms with E-state index in [1.54, 1.807) is 14.2 Å². The number of piperidine rings is 1. The zero-order valence-electron chi connectivity index (χ0n) is 17.2. The van der Waals surface area contributed by atoms with E-state index in [-0.39, 0.29) is 24.1 Å². The van der Waals surface area contributed by atoms with Crippen LogP contribution in [0.1, 0.15) is 40.7 Å². The Balaban J connectivity index is 0.00000240. The summed E-state index contributed by atoms with van der Waals surface area (Å²) in [6.45, 7) is 3.27. The predicted molar refractivity (Wildman–Crippen MR) is 110 cm³/mol. The maximum absolute atomic E-state index is 12.9. The van der Waals surface area contributed by atoms with Gasteiger partial charge < -0.3 is 21.9 Å². The van der Waals surface area contributed by atoms with E-state index in [1.165, 1.54) is 18.4 Å². The molecule has 1 fully saturated rings. The van der Waals surface area contributed by atoms with E-state index >= 15 is 0 Å². The molecule has 1 atom stereocenters. The molecule has 156 valence electrons. The van der Waals surface area contributed by atoms with E-state index < -0.39 is 0 Å². The molecule has 1 unspecified atom stereocenters. The Labute approximate surface area is 179 Å². The maximum atomic E-state index is 12.9. The minimum atomic E-state index is 0. The predicted octanol–water partition coefficient (Wildman–Crippen LogP) is 1.37. The molecule has 4 rings (SSSR count). The lowest BCUT2D eigenvalue weighted by atomic mass is 9.85. The number of rotatable bonds is 6. The Morgan fingerprint density at radius 2 is 1.66 bits per heavy atom. The minimum Gasteiger partial charge on any atom is -1.00 e. The largest absolute Gasteiger partial charge is 1.00 e. The number of benzene rings is 2. The van der Waals surface area contributed by atoms with Crippen LogP contribution in [0.2, 0.25) is 0 Å². The number of carbonyl (C=O) groups is 1. The van der Waals surface area contributed by atoms with Crippen molar-refractivity contribution in [3.05, 3.63) is 59.2 Å². The molecule has 2 aliphatic rings. The van der Waals surface area contributed by atoms with E-state index in [0.717, 1.165) is 43.6 Å². The van der Waals surface area contributed by atoms with Gasteiger partial charge in [0.25, 0.3) is 0 Å². The molecule has 0 amide bonds. The van der Waals surface area contributed by atoms with Crippen molar-refractivity contribution in [3.8, 4) is 11.5 Å². The molecule has 1 aliphatic carbocycles. The van der Waals surface area contributed by atoms with Crippen molar-refractivity contribution in [1.82, 2.24) is 4.90 Å². The first-order valence-electron chi connectivity index (χ1n) is 10.2. The van der Waals surface area contributed by atoms with Gasteiger partial charge in [-0.15, -0.1) is 0 Å². The number of ether oxygens (including phenoxy) is 2. The zero-order valence-corrected chi connectivity index (χ0v) is 18.0. The number of hydrogen-bond donors (Lipinski definition) is 0. The molecule has 29 heavy (non-hydrogen) atoms. The molecule has 4 nitrogen and oxygen atoms in total. The number of fused-ring (bicyclic) bond motifs is 1. The summed E-state index contributed by atoms with van der Waals surface area (Å²) in [6.07, 6.45) is 4.19. The van der Waals surface area contributed by atoms with Crippen LogP contribution in [0.15, 0.2) is 42.5 Å². The summed E-state index contributed by atoms with van der Waals surface area (Å²) in [7, 11) is 3.26. The van der Waals surface area contributed by atoms with Crippen LogP contribution in [-0.2, 0) is 13.0 Å². The number of nitrogens with zero attached hydrogens (tertiary/aromatic N) is 1. The molecule has 0 radical (unpaired) electrons. The zero-order chi connectivity index (χ0) is 19.5. The third-order valence-corrected chi connectivity index (χ3v) is 6.29. The van der Waals surface area contributed by atoms with Gasteiger partial charge in [-0.3, -0.25) is 9.69 Å². The highest BCUT2D eigenvalue weighted by molar-refractivity contribution is 6.02. The highest BCUT2D eigenvalue weighted by Crippen LogP contribution is 2.39. The van der Waals surface area contributed by atoms with Gasteiger partial charge >= 0.3 is 0 Å². The molecule has 1 saturated heterocycles. The van der Waals surface area contributed by atoms with Crippen molar-refractivity contribution in [2.24, 2.45) is 11.8 Å². The minimum absolute atomic E-state index is 0. The van der Waals surface area contributed by atoms with E-state index in [1.807, 2.05) is 12.1 Å². The Hall–Kier alpha value is -2.04. The topological polar surface area (TPSA) is 38.8 Å². The molecule has 2 aromatic rings. The van der Waals surface area contributed by atoms with Crippen LogP contribution >= 0.6 is 0 Å². The smallest absolute Gasteiger partial charge is 0.166 e. The van der Waals surface area contributed by atoms with Crippen molar-refractivity contribution in [2.45, 2.75) is 32.2 Å². The summed E-state index contributed by atoms with van der Waals surface area (Å²) in [6, 6.07) is 14.5. The van der Waals surface area contributed by atoms with Crippen molar-refractivity contribution < 1.29 is 26.7 Å². The molecule has 5 heteroatoms. The summed E-state index contributed by atoms with van der Waals surface area (Å²) >= 11 is 0. The molecule has 1 heterocycles. The van der Waals surface area contributed by atoms with Gasteiger partial charge in [0.15, 0.2) is 17.3 Å². The van der Waals surface area contributed by atoms with E-state index in [2.05, 4.69) is 35.2 Å². The van der Waals surface area contributed by atoms with Crippen LogP contribution in [-0.4, -0.2) is 38.0 Å². The Kier molecular flexibility index (Phi) is 7.20. The average molecular weight is 415 g/mol. The maximum Gasteiger partial charge on any atom is 0.166 e. The highest BCUT2D eigenvalue weighted by Gasteiger charge is 2.34. The van der Waals surface area contributed by atoms with Gasteiger partial charge in [-0.1, -0.05) is 30.3 Å². The van der Waals surface area contributed by atoms with Crippen LogP contribution in [0.3, 0.4) is 0 Å². The van der Waals surface area contributed by atoms with Gasteiger partial charge in [0, 0.05) is 18.0 Å². The van der Waals surface area contributed by atoms with Crippen LogP contribution in [0.5, 0.6) is 11.5 Å². The first kappa shape index (κ1) is 21.7. The van der Waals surface area contributed by atoms with Crippen LogP contribution in [0.25, 0.3) is 0 Å². The van der Waals surface area contributed by atoms with Crippen LogP contribution < -0.4 is 21.9 Å². The van der Waals surface area contributed by atoms with Crippen molar-refractivity contribution in [1.29, 1.82) is 0 Å². The fourth-order valence-electron chi connectivity index (χ4n) is 4.71. The van der Waals surface area contributed by atoms with Gasteiger partial charge in [0.2, 0.25) is 0 Å². The third kappa shape index (κ3) is 4.76. The van der Waals surface area contributed by atoms with Crippen LogP contribution in [0.4, 0.5) is 0 Å². The van der Waals surface area contributed by atoms with E-state index in [4.69, 9.17) is 9.47 Å². The summed E-state index contributed by atoms with van der Waals surface area (Å²) in [5, 5.41) is 0. The number of halogens is 1. The molecule has 2 aromatic carbocycles. The Morgan fingerprint density at radius 3 is 2.31 bits per heavy atom. The average Bonchev–Trinajstić information content (AvgIpc) is 3.03. The fraction of sp³-hybridized carbons (Fsp3) is 0.458. The second-order valence-electron chi connectivity index (χ2n) is 8.07. The van der Waals surface area contributed by atoms with Crippen LogP contribution in [0, 0.1) is 11.8 Å². The lowest BCUT2D eigenvalue weighted by Gasteiger charge is -2.32. The second kappa shape index (κ2) is 9.64. The molecule has 0 aromatic heterocycles. The fourth-order valence-corrected chi connectivity index (χ4v) is 4.71. The van der Waals surface area contributed by atoms with E-state index in [0.29, 0.717) is 17.4 Å². The standard InChI is InChI=1S/C24H29NO3.ClH/c1-27-22-14-19-13-20(24(26)21(19)15-23(22)28-2)12-17-8-10-25(11-9-17)16-18-6-4-3-5-7-18;/h3-7,14-15,17,20H,8-13,16H2,1-2H3;1H/p-1. The van der Waals surface area contributed by atoms with Gasteiger partial charge in [-0.05, 0) is 68.0 Å². The lowest BCUT2D eigenvalue weighted by molar-refractivity contribution is -0.0000140. The second-order valence-corrected chi connectivity index (χ2v) is 8.07. The highest BCUT2D eigenvalue weighted by atomic mass is 35.5. The number of likely N-dealkylation sites (tertiary alicyclic amines) is 1. The van der Waals surface area contributed by atoms with Gasteiger partial charge in [0.1, 0.15) is 0 Å². The quantitative estimate of drug-likeness (QED) is 0.715. The summed E-state index contributed by atoms with van der Waals surface area (Å²) < 4.78 is 10.8. The van der Waals surface area contributed by atoms with Crippen molar-refractivity contribution in [3.63, 3.8) is 0 Å².